The molecule has 0 unspecified atom stereocenters. The lowest BCUT2D eigenvalue weighted by Gasteiger charge is -2.32. The Morgan fingerprint density at radius 1 is 1.30 bits per heavy atom. The molecule has 0 saturated carbocycles. The van der Waals surface area contributed by atoms with Gasteiger partial charge in [0.25, 0.3) is 5.72 Å². The number of benzene rings is 1. The largest absolute Gasteiger partial charge is 0.497 e. The molecule has 1 aromatic carbocycles. The van der Waals surface area contributed by atoms with Crippen LogP contribution in [0.15, 0.2) is 53.9 Å². The Morgan fingerprint density at radius 2 is 2.00 bits per heavy atom. The Kier molecular flexibility index (Phi) is 4.88. The van der Waals surface area contributed by atoms with Gasteiger partial charge >= 0.3 is 6.18 Å². The van der Waals surface area contributed by atoms with Crippen molar-refractivity contribution in [2.45, 2.75) is 24.7 Å². The van der Waals surface area contributed by atoms with Crippen molar-refractivity contribution >= 4 is 11.6 Å². The van der Waals surface area contributed by atoms with E-state index in [0.29, 0.717) is 16.9 Å². The number of hydrogen-bond acceptors (Lipinski definition) is 5. The zero-order valence-corrected chi connectivity index (χ0v) is 14.3. The number of nitrogens with zero attached hydrogens (tertiary/aromatic N) is 3. The number of carbonyl (C=O) groups is 1. The van der Waals surface area contributed by atoms with E-state index in [-0.39, 0.29) is 17.1 Å². The van der Waals surface area contributed by atoms with Gasteiger partial charge in [-0.1, -0.05) is 18.2 Å². The first kappa shape index (κ1) is 18.8. The van der Waals surface area contributed by atoms with E-state index in [1.165, 1.54) is 31.6 Å². The molecule has 0 aliphatic carbocycles. The third-order valence-electron chi connectivity index (χ3n) is 4.18. The topological polar surface area (TPSA) is 75.0 Å². The summed E-state index contributed by atoms with van der Waals surface area (Å²) >= 11 is 0. The molecule has 3 rings (SSSR count). The van der Waals surface area contributed by atoms with Crippen LogP contribution in [0.3, 0.4) is 0 Å². The van der Waals surface area contributed by atoms with Crippen molar-refractivity contribution in [3.8, 4) is 5.75 Å². The lowest BCUT2D eigenvalue weighted by Crippen LogP contribution is -2.57. The van der Waals surface area contributed by atoms with Crippen molar-refractivity contribution in [2.75, 3.05) is 7.11 Å². The number of pyridine rings is 1. The smallest absolute Gasteiger partial charge is 0.438 e. The molecule has 27 heavy (non-hydrogen) atoms. The average molecular weight is 379 g/mol. The molecule has 0 radical (unpaired) electrons. The summed E-state index contributed by atoms with van der Waals surface area (Å²) in [6, 6.07) is 9.35. The summed E-state index contributed by atoms with van der Waals surface area (Å²) in [5, 5.41) is 14.2. The van der Waals surface area contributed by atoms with E-state index in [9.17, 15) is 23.1 Å². The number of alkyl halides is 3. The molecule has 1 aliphatic rings. The maximum atomic E-state index is 13.5. The maximum Gasteiger partial charge on any atom is 0.438 e. The van der Waals surface area contributed by atoms with Crippen molar-refractivity contribution in [3.05, 3.63) is 59.9 Å². The number of rotatable bonds is 4. The van der Waals surface area contributed by atoms with Gasteiger partial charge in [-0.05, 0) is 23.8 Å². The highest BCUT2D eigenvalue weighted by Crippen LogP contribution is 2.41. The summed E-state index contributed by atoms with van der Waals surface area (Å²) < 4.78 is 45.6. The van der Waals surface area contributed by atoms with Gasteiger partial charge in [0, 0.05) is 18.0 Å². The number of amides is 1. The molecule has 2 aromatic rings. The van der Waals surface area contributed by atoms with Gasteiger partial charge in [-0.15, -0.1) is 0 Å². The minimum absolute atomic E-state index is 0.0639. The molecular formula is C18H16F3N3O3. The Morgan fingerprint density at radius 3 is 2.56 bits per heavy atom. The number of methoxy groups -OCH3 is 1. The van der Waals surface area contributed by atoms with E-state index in [1.807, 2.05) is 0 Å². The second kappa shape index (κ2) is 6.99. The lowest BCUT2D eigenvalue weighted by atomic mass is 10.0. The second-order valence-corrected chi connectivity index (χ2v) is 6.01. The van der Waals surface area contributed by atoms with E-state index in [1.54, 1.807) is 24.3 Å². The van der Waals surface area contributed by atoms with Gasteiger partial charge in [-0.3, -0.25) is 9.78 Å². The van der Waals surface area contributed by atoms with Gasteiger partial charge in [0.1, 0.15) is 5.75 Å². The molecular weight excluding hydrogens is 363 g/mol. The predicted molar refractivity (Wildman–Crippen MR) is 89.9 cm³/mol. The first-order valence-electron chi connectivity index (χ1n) is 7.97. The molecule has 1 atom stereocenters. The van der Waals surface area contributed by atoms with Crippen LogP contribution in [0.2, 0.25) is 0 Å². The number of hydrogen-bond donors (Lipinski definition) is 1. The van der Waals surface area contributed by atoms with E-state index >= 15 is 0 Å². The van der Waals surface area contributed by atoms with Gasteiger partial charge in [0.15, 0.2) is 0 Å². The summed E-state index contributed by atoms with van der Waals surface area (Å²) in [6.07, 6.45) is -3.51. The lowest BCUT2D eigenvalue weighted by molar-refractivity contribution is -0.302. The first-order valence-corrected chi connectivity index (χ1v) is 7.97. The molecule has 2 heterocycles. The summed E-state index contributed by atoms with van der Waals surface area (Å²) in [4.78, 5) is 16.4. The van der Waals surface area contributed by atoms with Gasteiger partial charge in [0.05, 0.1) is 25.7 Å². The van der Waals surface area contributed by atoms with Crippen LogP contribution in [0.5, 0.6) is 5.75 Å². The standard InChI is InChI=1S/C18H16F3N3O3/c1-27-14-6-4-12(5-7-14)9-16(25)24-17(26,18(19,20)21)10-15(23-24)13-3-2-8-22-11-13/h2-8,11,26H,9-10H2,1H3/t17-/m1/s1. The Balaban J connectivity index is 1.90. The summed E-state index contributed by atoms with van der Waals surface area (Å²) in [5.74, 6) is -0.421. The number of hydrazone groups is 1. The van der Waals surface area contributed by atoms with Crippen molar-refractivity contribution in [2.24, 2.45) is 5.10 Å². The number of aromatic nitrogens is 1. The molecule has 9 heteroatoms. The van der Waals surface area contributed by atoms with Crippen LogP contribution in [-0.2, 0) is 11.2 Å². The normalized spacial score (nSPS) is 19.7. The molecule has 6 nitrogen and oxygen atoms in total. The number of ether oxygens (including phenoxy) is 1. The maximum absolute atomic E-state index is 13.5. The third-order valence-corrected chi connectivity index (χ3v) is 4.18. The van der Waals surface area contributed by atoms with Crippen LogP contribution < -0.4 is 4.74 Å². The van der Waals surface area contributed by atoms with Crippen LogP contribution in [-0.4, -0.2) is 45.7 Å². The van der Waals surface area contributed by atoms with Crippen molar-refractivity contribution in [3.63, 3.8) is 0 Å². The number of aliphatic hydroxyl groups is 1. The van der Waals surface area contributed by atoms with Crippen LogP contribution in [0.4, 0.5) is 13.2 Å². The van der Waals surface area contributed by atoms with Gasteiger partial charge in [-0.25, -0.2) is 0 Å². The highest BCUT2D eigenvalue weighted by atomic mass is 19.4. The molecule has 0 bridgehead atoms. The first-order chi connectivity index (χ1) is 12.7. The summed E-state index contributed by atoms with van der Waals surface area (Å²) in [5.41, 5.74) is -2.69. The van der Waals surface area contributed by atoms with Crippen LogP contribution in [0.1, 0.15) is 17.5 Å². The SMILES string of the molecule is COc1ccc(CC(=O)N2N=C(c3cccnc3)C[C@@]2(O)C(F)(F)F)cc1. The number of carbonyl (C=O) groups excluding carboxylic acids is 1. The van der Waals surface area contributed by atoms with E-state index < -0.39 is 24.2 Å². The number of halogens is 3. The molecule has 1 N–H and O–H groups in total. The second-order valence-electron chi connectivity index (χ2n) is 6.01. The molecule has 142 valence electrons. The van der Waals surface area contributed by atoms with Gasteiger partial charge in [-0.2, -0.15) is 23.3 Å². The molecule has 1 amide bonds. The quantitative estimate of drug-likeness (QED) is 0.886. The van der Waals surface area contributed by atoms with Crippen LogP contribution in [0.25, 0.3) is 0 Å². The third kappa shape index (κ3) is 3.63. The highest BCUT2D eigenvalue weighted by Gasteiger charge is 2.63. The summed E-state index contributed by atoms with van der Waals surface area (Å²) in [7, 11) is 1.47. The minimum atomic E-state index is -5.07. The van der Waals surface area contributed by atoms with Crippen molar-refractivity contribution in [1.29, 1.82) is 0 Å². The molecule has 0 spiro atoms. The zero-order valence-electron chi connectivity index (χ0n) is 14.3. The van der Waals surface area contributed by atoms with Gasteiger partial charge < -0.3 is 9.84 Å². The average Bonchev–Trinajstić information content (AvgIpc) is 3.02. The molecule has 1 aliphatic heterocycles. The minimum Gasteiger partial charge on any atom is -0.497 e. The zero-order chi connectivity index (χ0) is 19.7. The fourth-order valence-electron chi connectivity index (χ4n) is 2.72. The predicted octanol–water partition coefficient (Wildman–Crippen LogP) is 2.52. The fourth-order valence-corrected chi connectivity index (χ4v) is 2.72. The van der Waals surface area contributed by atoms with Crippen LogP contribution in [0, 0.1) is 0 Å². The highest BCUT2D eigenvalue weighted by molar-refractivity contribution is 6.03. The summed E-state index contributed by atoms with van der Waals surface area (Å²) in [6.45, 7) is 0. The van der Waals surface area contributed by atoms with E-state index in [4.69, 9.17) is 4.74 Å². The van der Waals surface area contributed by atoms with Crippen molar-refractivity contribution < 1.29 is 27.8 Å². The van der Waals surface area contributed by atoms with Crippen molar-refractivity contribution in [1.82, 2.24) is 9.99 Å². The van der Waals surface area contributed by atoms with Gasteiger partial charge in [0.2, 0.25) is 5.91 Å². The molecule has 1 aromatic heterocycles. The van der Waals surface area contributed by atoms with Crippen LogP contribution >= 0.6 is 0 Å². The Bertz CT molecular complexity index is 854. The monoisotopic (exact) mass is 379 g/mol. The van der Waals surface area contributed by atoms with E-state index in [2.05, 4.69) is 10.1 Å². The fraction of sp³-hybridized carbons (Fsp3) is 0.278. The Hall–Kier alpha value is -2.94. The molecule has 0 saturated heterocycles. The van der Waals surface area contributed by atoms with E-state index in [0.717, 1.165) is 0 Å². The Labute approximate surface area is 152 Å². The molecule has 0 fully saturated rings.